The van der Waals surface area contributed by atoms with Gasteiger partial charge >= 0.3 is 5.97 Å². The zero-order valence-corrected chi connectivity index (χ0v) is 18.6. The van der Waals surface area contributed by atoms with Crippen LogP contribution in [0.15, 0.2) is 12.2 Å². The number of hydrogen-bond donors (Lipinski definition) is 4. The van der Waals surface area contributed by atoms with E-state index in [1.54, 1.807) is 0 Å². The van der Waals surface area contributed by atoms with E-state index in [2.05, 4.69) is 19.1 Å². The summed E-state index contributed by atoms with van der Waals surface area (Å²) in [7, 11) is 0. The van der Waals surface area contributed by atoms with Crippen molar-refractivity contribution in [2.75, 3.05) is 26.4 Å². The first-order valence-electron chi connectivity index (χ1n) is 11.4. The van der Waals surface area contributed by atoms with Gasteiger partial charge in [0.1, 0.15) is 12.7 Å². The number of carbonyl (C=O) groups is 1. The molecule has 0 amide bonds. The Hall–Kier alpha value is -0.950. The lowest BCUT2D eigenvalue weighted by atomic mass is 10.1. The van der Waals surface area contributed by atoms with Gasteiger partial charge in [-0.25, -0.2) is 0 Å². The SMILES string of the molecule is CCCCCCCCC=CCCCCCCCC(=O)OCC(O)CO.OCCO. The lowest BCUT2D eigenvalue weighted by molar-refractivity contribution is -0.147. The van der Waals surface area contributed by atoms with E-state index >= 15 is 0 Å². The maximum absolute atomic E-state index is 11.4. The Morgan fingerprint density at radius 3 is 1.76 bits per heavy atom. The van der Waals surface area contributed by atoms with Gasteiger partial charge in [-0.3, -0.25) is 4.79 Å². The molecule has 0 saturated carbocycles. The number of aliphatic hydroxyl groups is 4. The first-order valence-corrected chi connectivity index (χ1v) is 11.4. The molecule has 0 saturated heterocycles. The highest BCUT2D eigenvalue weighted by molar-refractivity contribution is 5.69. The number of rotatable bonds is 19. The molecule has 0 aliphatic carbocycles. The highest BCUT2D eigenvalue weighted by atomic mass is 16.5. The first-order chi connectivity index (χ1) is 14.1. The Balaban J connectivity index is 0. The zero-order chi connectivity index (χ0) is 22.0. The smallest absolute Gasteiger partial charge is 0.305 e. The van der Waals surface area contributed by atoms with Gasteiger partial charge < -0.3 is 25.2 Å². The summed E-state index contributed by atoms with van der Waals surface area (Å²) in [6.07, 6.45) is 20.1. The molecule has 0 aliphatic heterocycles. The van der Waals surface area contributed by atoms with Crippen LogP contribution in [-0.2, 0) is 9.53 Å². The average Bonchev–Trinajstić information content (AvgIpc) is 2.74. The normalized spacial score (nSPS) is 11.9. The highest BCUT2D eigenvalue weighted by Gasteiger charge is 2.07. The van der Waals surface area contributed by atoms with Crippen molar-refractivity contribution < 1.29 is 30.0 Å². The second-order valence-electron chi connectivity index (χ2n) is 7.30. The minimum atomic E-state index is -0.960. The third kappa shape index (κ3) is 29.3. The third-order valence-corrected chi connectivity index (χ3v) is 4.39. The van der Waals surface area contributed by atoms with Gasteiger partial charge in [0.05, 0.1) is 19.8 Å². The van der Waals surface area contributed by atoms with Gasteiger partial charge in [0, 0.05) is 6.42 Å². The maximum Gasteiger partial charge on any atom is 0.305 e. The molecule has 0 radical (unpaired) electrons. The number of carbonyl (C=O) groups excluding carboxylic acids is 1. The van der Waals surface area contributed by atoms with E-state index in [0.717, 1.165) is 25.7 Å². The summed E-state index contributed by atoms with van der Waals surface area (Å²) in [6, 6.07) is 0. The molecule has 0 spiro atoms. The van der Waals surface area contributed by atoms with Crippen LogP contribution in [0.1, 0.15) is 96.8 Å². The molecule has 0 aliphatic rings. The monoisotopic (exact) mass is 418 g/mol. The third-order valence-electron chi connectivity index (χ3n) is 4.39. The minimum absolute atomic E-state index is 0.111. The molecule has 0 fully saturated rings. The summed E-state index contributed by atoms with van der Waals surface area (Å²) in [6.45, 7) is 1.52. The summed E-state index contributed by atoms with van der Waals surface area (Å²) in [5.74, 6) is -0.287. The Bertz CT molecular complexity index is 344. The van der Waals surface area contributed by atoms with Crippen molar-refractivity contribution >= 4 is 5.97 Å². The van der Waals surface area contributed by atoms with Gasteiger partial charge in [-0.2, -0.15) is 0 Å². The summed E-state index contributed by atoms with van der Waals surface area (Å²) in [5.41, 5.74) is 0. The van der Waals surface area contributed by atoms with Gasteiger partial charge in [0.15, 0.2) is 0 Å². The van der Waals surface area contributed by atoms with Crippen LogP contribution in [0.2, 0.25) is 0 Å². The molecular weight excluding hydrogens is 372 g/mol. The Kier molecular flexibility index (Phi) is 28.2. The molecule has 1 unspecified atom stereocenters. The van der Waals surface area contributed by atoms with Crippen molar-refractivity contribution in [1.29, 1.82) is 0 Å². The lowest BCUT2D eigenvalue weighted by Gasteiger charge is -2.08. The molecule has 174 valence electrons. The van der Waals surface area contributed by atoms with Gasteiger partial charge in [-0.15, -0.1) is 0 Å². The highest BCUT2D eigenvalue weighted by Crippen LogP contribution is 2.10. The number of hydrogen-bond acceptors (Lipinski definition) is 6. The number of unbranched alkanes of at least 4 members (excludes halogenated alkanes) is 11. The van der Waals surface area contributed by atoms with E-state index < -0.39 is 6.10 Å². The number of allylic oxidation sites excluding steroid dienone is 2. The van der Waals surface area contributed by atoms with Crippen LogP contribution in [0.4, 0.5) is 0 Å². The zero-order valence-electron chi connectivity index (χ0n) is 18.6. The van der Waals surface area contributed by atoms with Gasteiger partial charge in [-0.1, -0.05) is 70.4 Å². The summed E-state index contributed by atoms with van der Waals surface area (Å²) < 4.78 is 4.86. The van der Waals surface area contributed by atoms with Crippen LogP contribution in [0.3, 0.4) is 0 Å². The van der Waals surface area contributed by atoms with Gasteiger partial charge in [0.25, 0.3) is 0 Å². The Labute approximate surface area is 178 Å². The predicted octanol–water partition coefficient (Wildman–Crippen LogP) is 3.89. The van der Waals surface area contributed by atoms with E-state index in [9.17, 15) is 4.79 Å². The van der Waals surface area contributed by atoms with E-state index in [0.29, 0.717) is 6.42 Å². The van der Waals surface area contributed by atoms with Crippen LogP contribution in [0.5, 0.6) is 0 Å². The molecule has 0 aromatic rings. The Morgan fingerprint density at radius 1 is 0.793 bits per heavy atom. The molecule has 6 nitrogen and oxygen atoms in total. The molecule has 4 N–H and O–H groups in total. The summed E-state index contributed by atoms with van der Waals surface area (Å²) >= 11 is 0. The lowest BCUT2D eigenvalue weighted by Crippen LogP contribution is -2.21. The molecule has 6 heteroatoms. The fourth-order valence-electron chi connectivity index (χ4n) is 2.65. The summed E-state index contributed by atoms with van der Waals surface area (Å²) in [5, 5.41) is 32.9. The van der Waals surface area contributed by atoms with E-state index in [4.69, 9.17) is 25.2 Å². The quantitative estimate of drug-likeness (QED) is 0.144. The average molecular weight is 419 g/mol. The minimum Gasteiger partial charge on any atom is -0.463 e. The van der Waals surface area contributed by atoms with E-state index in [1.807, 2.05) is 0 Å². The van der Waals surface area contributed by atoms with E-state index in [1.165, 1.54) is 57.8 Å². The fourth-order valence-corrected chi connectivity index (χ4v) is 2.65. The number of aliphatic hydroxyl groups excluding tert-OH is 4. The maximum atomic E-state index is 11.4. The van der Waals surface area contributed by atoms with Crippen molar-refractivity contribution in [1.82, 2.24) is 0 Å². The van der Waals surface area contributed by atoms with Crippen molar-refractivity contribution in [3.8, 4) is 0 Å². The van der Waals surface area contributed by atoms with Crippen molar-refractivity contribution in [2.24, 2.45) is 0 Å². The molecule has 0 aromatic carbocycles. The second-order valence-corrected chi connectivity index (χ2v) is 7.30. The molecule has 0 aromatic heterocycles. The fraction of sp³-hybridized carbons (Fsp3) is 0.870. The molecule has 0 heterocycles. The van der Waals surface area contributed by atoms with Crippen LogP contribution >= 0.6 is 0 Å². The molecule has 29 heavy (non-hydrogen) atoms. The molecule has 0 rings (SSSR count). The van der Waals surface area contributed by atoms with Gasteiger partial charge in [0.2, 0.25) is 0 Å². The van der Waals surface area contributed by atoms with Crippen molar-refractivity contribution in [2.45, 2.75) is 103 Å². The first kappa shape index (κ1) is 30.2. The number of esters is 1. The standard InChI is InChI=1S/C21H40O4.C2H6O2/c1-2-3-4-5-6-7-8-9-10-11-12-13-14-15-16-17-21(24)25-19-20(23)18-22;3-1-2-4/h9-10,20,22-23H,2-8,11-19H2,1H3;3-4H,1-2H2. The predicted molar refractivity (Wildman–Crippen MR) is 118 cm³/mol. The van der Waals surface area contributed by atoms with Crippen LogP contribution in [-0.4, -0.2) is 58.9 Å². The van der Waals surface area contributed by atoms with Crippen LogP contribution in [0.25, 0.3) is 0 Å². The Morgan fingerprint density at radius 2 is 1.28 bits per heavy atom. The van der Waals surface area contributed by atoms with Gasteiger partial charge in [-0.05, 0) is 32.1 Å². The topological polar surface area (TPSA) is 107 Å². The summed E-state index contributed by atoms with van der Waals surface area (Å²) in [4.78, 5) is 11.4. The van der Waals surface area contributed by atoms with Crippen molar-refractivity contribution in [3.05, 3.63) is 12.2 Å². The molecular formula is C23H46O6. The largest absolute Gasteiger partial charge is 0.463 e. The second kappa shape index (κ2) is 27.0. The van der Waals surface area contributed by atoms with Crippen LogP contribution < -0.4 is 0 Å². The van der Waals surface area contributed by atoms with Crippen LogP contribution in [0, 0.1) is 0 Å². The number of ether oxygens (including phenoxy) is 1. The van der Waals surface area contributed by atoms with Crippen molar-refractivity contribution in [3.63, 3.8) is 0 Å². The van der Waals surface area contributed by atoms with E-state index in [-0.39, 0.29) is 32.4 Å². The molecule has 1 atom stereocenters. The molecule has 0 bridgehead atoms.